The number of nitrogens with zero attached hydrogens (tertiary/aromatic N) is 3. The number of ether oxygens (including phenoxy) is 2. The topological polar surface area (TPSA) is 72.7 Å². The Morgan fingerprint density at radius 2 is 1.92 bits per heavy atom. The van der Waals surface area contributed by atoms with Gasteiger partial charge in [0.2, 0.25) is 0 Å². The summed E-state index contributed by atoms with van der Waals surface area (Å²) < 4.78 is 49.3. The lowest BCUT2D eigenvalue weighted by atomic mass is 9.98. The fourth-order valence-corrected chi connectivity index (χ4v) is 5.15. The van der Waals surface area contributed by atoms with Gasteiger partial charge in [-0.2, -0.15) is 10.2 Å². The number of aromatic nitrogens is 2. The molecule has 200 valence electrons. The lowest BCUT2D eigenvalue weighted by Gasteiger charge is -2.18. The average molecular weight is 570 g/mol. The maximum absolute atomic E-state index is 12.5. The number of alkyl halides is 3. The number of hydrogen-bond donors (Lipinski definition) is 2. The van der Waals surface area contributed by atoms with Crippen LogP contribution in [0, 0.1) is 0 Å². The van der Waals surface area contributed by atoms with Crippen molar-refractivity contribution in [2.75, 3.05) is 12.0 Å². The van der Waals surface area contributed by atoms with Crippen molar-refractivity contribution in [3.8, 4) is 34.0 Å². The standard InChI is InChI=1S/C27H23F3N5O2PS/c1-35-25(17-8-10-18(11-9-17)37-27(28,29)30)20-15-36-22-13-16(7-12-19(22)24(20)34-35)14-31-33-26(39)32-21-5-3-4-6-23(21)38-2/h3-14,38H,15H2,1-2H3,(H2,32,33,39)/b31-14+. The molecule has 3 aromatic carbocycles. The summed E-state index contributed by atoms with van der Waals surface area (Å²) in [6, 6.07) is 19.3. The van der Waals surface area contributed by atoms with Crippen molar-refractivity contribution in [1.29, 1.82) is 0 Å². The van der Waals surface area contributed by atoms with Crippen LogP contribution in [0.4, 0.5) is 18.9 Å². The number of hydrazone groups is 1. The highest BCUT2D eigenvalue weighted by molar-refractivity contribution is 7.80. The van der Waals surface area contributed by atoms with Crippen molar-refractivity contribution in [2.45, 2.75) is 13.0 Å². The van der Waals surface area contributed by atoms with E-state index in [1.165, 1.54) is 17.4 Å². The molecule has 0 spiro atoms. The third kappa shape index (κ3) is 6.05. The summed E-state index contributed by atoms with van der Waals surface area (Å²) in [5, 5.41) is 13.6. The van der Waals surface area contributed by atoms with Crippen LogP contribution in [0.3, 0.4) is 0 Å². The molecule has 1 atom stereocenters. The number of halogens is 3. The quantitative estimate of drug-likeness (QED) is 0.132. The molecule has 1 aliphatic heterocycles. The molecule has 1 aliphatic rings. The normalized spacial score (nSPS) is 12.7. The van der Waals surface area contributed by atoms with Crippen LogP contribution in [-0.4, -0.2) is 34.1 Å². The largest absolute Gasteiger partial charge is 0.573 e. The second kappa shape index (κ2) is 11.0. The molecule has 0 radical (unpaired) electrons. The van der Waals surface area contributed by atoms with E-state index in [2.05, 4.69) is 38.4 Å². The molecule has 0 amide bonds. The van der Waals surface area contributed by atoms with E-state index in [1.807, 2.05) is 36.4 Å². The zero-order valence-corrected chi connectivity index (χ0v) is 22.7. The fraction of sp³-hybridized carbons (Fsp3) is 0.148. The van der Waals surface area contributed by atoms with E-state index in [9.17, 15) is 13.2 Å². The van der Waals surface area contributed by atoms with Crippen LogP contribution >= 0.6 is 20.8 Å². The highest BCUT2D eigenvalue weighted by atomic mass is 32.1. The predicted octanol–water partition coefficient (Wildman–Crippen LogP) is 5.80. The Bertz CT molecular complexity index is 1550. The van der Waals surface area contributed by atoms with E-state index in [1.54, 1.807) is 30.1 Å². The second-order valence-electron chi connectivity index (χ2n) is 8.54. The molecule has 0 fully saturated rings. The summed E-state index contributed by atoms with van der Waals surface area (Å²) in [4.78, 5) is 0. The van der Waals surface area contributed by atoms with Gasteiger partial charge in [-0.15, -0.1) is 13.2 Å². The van der Waals surface area contributed by atoms with Crippen LogP contribution in [0.2, 0.25) is 0 Å². The molecule has 1 aromatic heterocycles. The zero-order chi connectivity index (χ0) is 27.6. The zero-order valence-electron chi connectivity index (χ0n) is 20.8. The highest BCUT2D eigenvalue weighted by Crippen LogP contribution is 2.41. The van der Waals surface area contributed by atoms with Gasteiger partial charge < -0.3 is 14.8 Å². The van der Waals surface area contributed by atoms with E-state index in [0.717, 1.165) is 33.8 Å². The van der Waals surface area contributed by atoms with Gasteiger partial charge in [0.05, 0.1) is 11.9 Å². The van der Waals surface area contributed by atoms with Gasteiger partial charge in [0.25, 0.3) is 0 Å². The molecule has 0 bridgehead atoms. The number of thiocarbonyl (C=S) groups is 1. The predicted molar refractivity (Wildman–Crippen MR) is 152 cm³/mol. The summed E-state index contributed by atoms with van der Waals surface area (Å²) in [6.45, 7) is 2.37. The monoisotopic (exact) mass is 569 g/mol. The van der Waals surface area contributed by atoms with E-state index >= 15 is 0 Å². The van der Waals surface area contributed by atoms with Crippen molar-refractivity contribution in [3.05, 3.63) is 77.9 Å². The van der Waals surface area contributed by atoms with Crippen LogP contribution in [0.25, 0.3) is 22.5 Å². The molecular weight excluding hydrogens is 546 g/mol. The number of nitrogens with one attached hydrogen (secondary N) is 2. The smallest absolute Gasteiger partial charge is 0.488 e. The molecule has 4 aromatic rings. The number of para-hydroxylation sites is 1. The van der Waals surface area contributed by atoms with E-state index in [4.69, 9.17) is 17.0 Å². The Balaban J connectivity index is 1.30. The molecule has 5 rings (SSSR count). The number of hydrogen-bond acceptors (Lipinski definition) is 5. The molecule has 0 aliphatic carbocycles. The van der Waals surface area contributed by atoms with Crippen molar-refractivity contribution in [2.24, 2.45) is 12.1 Å². The molecule has 0 saturated carbocycles. The van der Waals surface area contributed by atoms with E-state index in [-0.39, 0.29) is 12.4 Å². The molecule has 2 heterocycles. The molecule has 12 heteroatoms. The first-order valence-corrected chi connectivity index (χ1v) is 13.7. The SMILES string of the molecule is CPc1ccccc1NC(=S)N/N=C/c1ccc2c(c1)OCc1c-2nn(C)c1-c1ccc(OC(F)(F)F)cc1. The number of fused-ring (bicyclic) bond motifs is 3. The van der Waals surface area contributed by atoms with E-state index < -0.39 is 6.36 Å². The lowest BCUT2D eigenvalue weighted by Crippen LogP contribution is -2.25. The van der Waals surface area contributed by atoms with Gasteiger partial charge in [-0.25, -0.2) is 0 Å². The summed E-state index contributed by atoms with van der Waals surface area (Å²) >= 11 is 5.36. The minimum absolute atomic E-state index is 0.261. The lowest BCUT2D eigenvalue weighted by molar-refractivity contribution is -0.274. The van der Waals surface area contributed by atoms with Crippen LogP contribution in [0.5, 0.6) is 11.5 Å². The van der Waals surface area contributed by atoms with Crippen molar-refractivity contribution < 1.29 is 22.6 Å². The van der Waals surface area contributed by atoms with Crippen molar-refractivity contribution in [1.82, 2.24) is 15.2 Å². The molecule has 1 unspecified atom stereocenters. The molecule has 7 nitrogen and oxygen atoms in total. The third-order valence-electron chi connectivity index (χ3n) is 5.96. The van der Waals surface area contributed by atoms with Gasteiger partial charge in [0.15, 0.2) is 5.11 Å². The number of rotatable bonds is 6. The summed E-state index contributed by atoms with van der Waals surface area (Å²) in [5.74, 6) is 0.374. The van der Waals surface area contributed by atoms with Gasteiger partial charge in [-0.3, -0.25) is 10.1 Å². The van der Waals surface area contributed by atoms with Crippen LogP contribution < -0.4 is 25.5 Å². The highest BCUT2D eigenvalue weighted by Gasteiger charge is 2.31. The average Bonchev–Trinajstić information content (AvgIpc) is 3.24. The maximum atomic E-state index is 12.5. The van der Waals surface area contributed by atoms with Gasteiger partial charge in [0.1, 0.15) is 23.8 Å². The molecule has 39 heavy (non-hydrogen) atoms. The second-order valence-corrected chi connectivity index (χ2v) is 9.98. The van der Waals surface area contributed by atoms with Gasteiger partial charge in [-0.1, -0.05) is 32.8 Å². The number of benzene rings is 3. The number of anilines is 1. The third-order valence-corrected chi connectivity index (χ3v) is 7.13. The van der Waals surface area contributed by atoms with Gasteiger partial charge in [-0.05, 0) is 72.2 Å². The van der Waals surface area contributed by atoms with Gasteiger partial charge >= 0.3 is 6.36 Å². The Kier molecular flexibility index (Phi) is 7.54. The van der Waals surface area contributed by atoms with Crippen molar-refractivity contribution in [3.63, 3.8) is 0 Å². The summed E-state index contributed by atoms with van der Waals surface area (Å²) in [5.41, 5.74) is 8.47. The van der Waals surface area contributed by atoms with E-state index in [0.29, 0.717) is 25.0 Å². The first kappa shape index (κ1) is 26.6. The van der Waals surface area contributed by atoms with Crippen molar-refractivity contribution >= 4 is 43.1 Å². The Labute approximate surface area is 229 Å². The van der Waals surface area contributed by atoms with Crippen LogP contribution in [-0.2, 0) is 13.7 Å². The Hall–Kier alpha value is -3.95. The van der Waals surface area contributed by atoms with Crippen LogP contribution in [0.1, 0.15) is 11.1 Å². The summed E-state index contributed by atoms with van der Waals surface area (Å²) in [6.07, 6.45) is -3.09. The summed E-state index contributed by atoms with van der Waals surface area (Å²) in [7, 11) is 2.42. The molecular formula is C27H23F3N5O2PS. The molecule has 2 N–H and O–H groups in total. The Morgan fingerprint density at radius 1 is 1.15 bits per heavy atom. The number of aryl methyl sites for hydroxylation is 1. The minimum atomic E-state index is -4.74. The maximum Gasteiger partial charge on any atom is 0.573 e. The first-order chi connectivity index (χ1) is 18.7. The van der Waals surface area contributed by atoms with Gasteiger partial charge in [0, 0.05) is 29.4 Å². The first-order valence-electron chi connectivity index (χ1n) is 11.8. The fourth-order valence-electron chi connectivity index (χ4n) is 4.31. The Morgan fingerprint density at radius 3 is 2.67 bits per heavy atom. The molecule has 0 saturated heterocycles. The minimum Gasteiger partial charge on any atom is -0.488 e. The van der Waals surface area contributed by atoms with Crippen LogP contribution in [0.15, 0.2) is 71.8 Å².